The third-order valence-electron chi connectivity index (χ3n) is 1.34. The van der Waals surface area contributed by atoms with E-state index in [9.17, 15) is 35.1 Å². The maximum atomic E-state index is 12.2. The second-order valence-corrected chi connectivity index (χ2v) is 2.92. The summed E-state index contributed by atoms with van der Waals surface area (Å²) < 4.78 is 101. The van der Waals surface area contributed by atoms with Crippen LogP contribution in [0.25, 0.3) is 0 Å². The summed E-state index contributed by atoms with van der Waals surface area (Å²) in [5, 5.41) is 0. The van der Waals surface area contributed by atoms with Crippen LogP contribution in [0.3, 0.4) is 0 Å². The van der Waals surface area contributed by atoms with Gasteiger partial charge in [0.05, 0.1) is 13.2 Å². The first-order chi connectivity index (χ1) is 7.46. The topological polar surface area (TPSA) is 18.5 Å². The molecule has 0 aromatic heterocycles. The fourth-order valence-electron chi connectivity index (χ4n) is 0.588. The number of hydrogen-bond donors (Lipinski definition) is 0. The van der Waals surface area contributed by atoms with Crippen molar-refractivity contribution >= 4 is 0 Å². The zero-order valence-electron chi connectivity index (χ0n) is 8.17. The minimum atomic E-state index is -5.75. The van der Waals surface area contributed by atoms with Gasteiger partial charge in [-0.05, 0) is 0 Å². The Balaban J connectivity index is 3.66. The SMILES string of the molecule is FC(F)(F)COCCOCC(F)(F)C(F)(F)F. The molecule has 0 aliphatic rings. The van der Waals surface area contributed by atoms with Gasteiger partial charge in [0.15, 0.2) is 0 Å². The van der Waals surface area contributed by atoms with E-state index < -0.39 is 44.7 Å². The van der Waals surface area contributed by atoms with Crippen molar-refractivity contribution in [2.24, 2.45) is 0 Å². The molecule has 0 saturated carbocycles. The van der Waals surface area contributed by atoms with E-state index in [-0.39, 0.29) is 0 Å². The van der Waals surface area contributed by atoms with Gasteiger partial charge in [-0.2, -0.15) is 35.1 Å². The molecule has 0 saturated heterocycles. The van der Waals surface area contributed by atoms with Crippen LogP contribution in [0.15, 0.2) is 0 Å². The van der Waals surface area contributed by atoms with Gasteiger partial charge in [0.2, 0.25) is 0 Å². The molecule has 10 heteroatoms. The Hall–Kier alpha value is -0.640. The van der Waals surface area contributed by atoms with E-state index in [1.54, 1.807) is 0 Å². The maximum Gasteiger partial charge on any atom is 0.455 e. The number of alkyl halides is 8. The first-order valence-electron chi connectivity index (χ1n) is 4.12. The Morgan fingerprint density at radius 1 is 0.647 bits per heavy atom. The molecule has 0 radical (unpaired) electrons. The van der Waals surface area contributed by atoms with E-state index in [0.717, 1.165) is 0 Å². The van der Waals surface area contributed by atoms with Gasteiger partial charge < -0.3 is 9.47 Å². The lowest BCUT2D eigenvalue weighted by Gasteiger charge is -2.19. The predicted molar refractivity (Wildman–Crippen MR) is 38.7 cm³/mol. The van der Waals surface area contributed by atoms with Crippen LogP contribution in [0, 0.1) is 0 Å². The van der Waals surface area contributed by atoms with Crippen molar-refractivity contribution < 1.29 is 44.6 Å². The number of halogens is 8. The first kappa shape index (κ1) is 16.4. The Bertz CT molecular complexity index is 221. The lowest BCUT2D eigenvalue weighted by Crippen LogP contribution is -2.41. The zero-order chi connectivity index (χ0) is 13.7. The lowest BCUT2D eigenvalue weighted by molar-refractivity contribution is -0.297. The normalized spacial score (nSPS) is 14.1. The Labute approximate surface area is 90.5 Å². The van der Waals surface area contributed by atoms with Gasteiger partial charge in [-0.1, -0.05) is 0 Å². The molecule has 0 rings (SSSR count). The molecular formula is C7H8F8O2. The Kier molecular flexibility index (Phi) is 5.59. The van der Waals surface area contributed by atoms with Crippen molar-refractivity contribution in [2.75, 3.05) is 26.4 Å². The highest BCUT2D eigenvalue weighted by Crippen LogP contribution is 2.35. The molecule has 2 nitrogen and oxygen atoms in total. The van der Waals surface area contributed by atoms with Gasteiger partial charge in [0.1, 0.15) is 13.2 Å². The molecule has 0 fully saturated rings. The summed E-state index contributed by atoms with van der Waals surface area (Å²) in [4.78, 5) is 0. The summed E-state index contributed by atoms with van der Waals surface area (Å²) in [5.41, 5.74) is 0. The van der Waals surface area contributed by atoms with Crippen molar-refractivity contribution in [3.63, 3.8) is 0 Å². The van der Waals surface area contributed by atoms with E-state index >= 15 is 0 Å². The van der Waals surface area contributed by atoms with Crippen molar-refractivity contribution in [3.05, 3.63) is 0 Å². The third-order valence-corrected chi connectivity index (χ3v) is 1.34. The van der Waals surface area contributed by atoms with E-state index in [1.165, 1.54) is 0 Å². The summed E-state index contributed by atoms with van der Waals surface area (Å²) in [6, 6.07) is 0. The van der Waals surface area contributed by atoms with E-state index in [4.69, 9.17) is 0 Å². The van der Waals surface area contributed by atoms with Crippen molar-refractivity contribution in [1.29, 1.82) is 0 Å². The zero-order valence-corrected chi connectivity index (χ0v) is 8.17. The van der Waals surface area contributed by atoms with Crippen molar-refractivity contribution in [1.82, 2.24) is 0 Å². The molecule has 0 heterocycles. The quantitative estimate of drug-likeness (QED) is 0.548. The van der Waals surface area contributed by atoms with Crippen LogP contribution >= 0.6 is 0 Å². The van der Waals surface area contributed by atoms with Crippen LogP contribution < -0.4 is 0 Å². The largest absolute Gasteiger partial charge is 0.455 e. The number of hydrogen-bond acceptors (Lipinski definition) is 2. The van der Waals surface area contributed by atoms with Gasteiger partial charge in [-0.25, -0.2) is 0 Å². The average Bonchev–Trinajstić information content (AvgIpc) is 2.07. The first-order valence-corrected chi connectivity index (χ1v) is 4.12. The van der Waals surface area contributed by atoms with Gasteiger partial charge >= 0.3 is 18.3 Å². The van der Waals surface area contributed by atoms with Gasteiger partial charge in [0, 0.05) is 0 Å². The van der Waals surface area contributed by atoms with Gasteiger partial charge in [-0.15, -0.1) is 0 Å². The lowest BCUT2D eigenvalue weighted by atomic mass is 10.3. The highest BCUT2D eigenvalue weighted by Gasteiger charge is 2.57. The molecule has 0 atom stereocenters. The smallest absolute Gasteiger partial charge is 0.372 e. The number of ether oxygens (including phenoxy) is 2. The van der Waals surface area contributed by atoms with Gasteiger partial charge in [-0.3, -0.25) is 0 Å². The molecule has 0 spiro atoms. The Morgan fingerprint density at radius 3 is 1.41 bits per heavy atom. The average molecular weight is 276 g/mol. The van der Waals surface area contributed by atoms with Crippen LogP contribution in [-0.2, 0) is 9.47 Å². The number of rotatable bonds is 6. The summed E-state index contributed by atoms with van der Waals surface area (Å²) in [7, 11) is 0. The van der Waals surface area contributed by atoms with Crippen molar-refractivity contribution in [2.45, 2.75) is 18.3 Å². The van der Waals surface area contributed by atoms with E-state index in [0.29, 0.717) is 0 Å². The van der Waals surface area contributed by atoms with E-state index in [1.807, 2.05) is 0 Å². The predicted octanol–water partition coefficient (Wildman–Crippen LogP) is 2.78. The van der Waals surface area contributed by atoms with E-state index in [2.05, 4.69) is 9.47 Å². The molecule has 0 N–H and O–H groups in total. The summed E-state index contributed by atoms with van der Waals surface area (Å²) >= 11 is 0. The maximum absolute atomic E-state index is 12.2. The second-order valence-electron chi connectivity index (χ2n) is 2.92. The molecule has 0 bridgehead atoms. The highest BCUT2D eigenvalue weighted by atomic mass is 19.4. The van der Waals surface area contributed by atoms with Crippen molar-refractivity contribution in [3.8, 4) is 0 Å². The molecule has 0 unspecified atom stereocenters. The summed E-state index contributed by atoms with van der Waals surface area (Å²) in [5.74, 6) is -5.03. The summed E-state index contributed by atoms with van der Waals surface area (Å²) in [6.45, 7) is -5.09. The van der Waals surface area contributed by atoms with Gasteiger partial charge in [0.25, 0.3) is 0 Å². The molecule has 17 heavy (non-hydrogen) atoms. The molecule has 0 aromatic rings. The molecule has 0 amide bonds. The van der Waals surface area contributed by atoms with Crippen LogP contribution in [0.2, 0.25) is 0 Å². The van der Waals surface area contributed by atoms with Crippen LogP contribution in [0.5, 0.6) is 0 Å². The monoisotopic (exact) mass is 276 g/mol. The van der Waals surface area contributed by atoms with Crippen LogP contribution in [0.4, 0.5) is 35.1 Å². The minimum Gasteiger partial charge on any atom is -0.372 e. The van der Waals surface area contributed by atoms with Crippen LogP contribution in [0.1, 0.15) is 0 Å². The minimum absolute atomic E-state index is 0.729. The Morgan fingerprint density at radius 2 is 1.06 bits per heavy atom. The highest BCUT2D eigenvalue weighted by molar-refractivity contribution is 4.74. The second kappa shape index (κ2) is 5.80. The molecule has 0 aromatic carbocycles. The molecular weight excluding hydrogens is 268 g/mol. The molecule has 0 aliphatic heterocycles. The molecule has 0 aliphatic carbocycles. The third kappa shape index (κ3) is 7.31. The molecule has 104 valence electrons. The summed E-state index contributed by atoms with van der Waals surface area (Å²) in [6.07, 6.45) is -10.3. The fourth-order valence-corrected chi connectivity index (χ4v) is 0.588. The fraction of sp³-hybridized carbons (Fsp3) is 1.00. The van der Waals surface area contributed by atoms with Crippen LogP contribution in [-0.4, -0.2) is 44.7 Å². The standard InChI is InChI=1S/C7H8F8O2/c8-5(9,7(13,14)15)3-16-1-2-17-4-6(10,11)12/h1-4H2.